The summed E-state index contributed by atoms with van der Waals surface area (Å²) in [7, 11) is 0. The summed E-state index contributed by atoms with van der Waals surface area (Å²) >= 11 is 0. The molecule has 0 radical (unpaired) electrons. The van der Waals surface area contributed by atoms with Crippen LogP contribution in [-0.4, -0.2) is 29.7 Å². The number of rotatable bonds is 0. The lowest BCUT2D eigenvalue weighted by Gasteiger charge is -2.01. The Labute approximate surface area is 47.3 Å². The van der Waals surface area contributed by atoms with Crippen LogP contribution in [-0.2, 0) is 9.53 Å². The van der Waals surface area contributed by atoms with E-state index < -0.39 is 6.10 Å². The smallest absolute Gasteiger partial charge is 0.189 e. The number of carbonyl (C=O) groups is 1. The van der Waals surface area contributed by atoms with Crippen molar-refractivity contribution in [2.45, 2.75) is 19.1 Å². The lowest BCUT2D eigenvalue weighted by atomic mass is 10.2. The van der Waals surface area contributed by atoms with Crippen molar-refractivity contribution in [1.29, 1.82) is 0 Å². The molecule has 0 bridgehead atoms. The van der Waals surface area contributed by atoms with E-state index in [-0.39, 0.29) is 18.5 Å². The van der Waals surface area contributed by atoms with E-state index >= 15 is 0 Å². The van der Waals surface area contributed by atoms with Crippen molar-refractivity contribution in [3.8, 4) is 0 Å². The number of hydrogen-bond acceptors (Lipinski definition) is 3. The molecule has 0 saturated carbocycles. The molecule has 1 rings (SSSR count). The number of aliphatic hydroxyl groups excluding tert-OH is 1. The minimum Gasteiger partial charge on any atom is -0.382 e. The minimum atomic E-state index is -0.880. The number of hydrogen-bond donors (Lipinski definition) is 1. The second-order valence-electron chi connectivity index (χ2n) is 1.93. The van der Waals surface area contributed by atoms with Crippen molar-refractivity contribution in [3.63, 3.8) is 0 Å². The number of carbonyl (C=O) groups excluding carboxylic acids is 1. The highest BCUT2D eigenvalue weighted by atomic mass is 16.5. The Kier molecular flexibility index (Phi) is 1.31. The second kappa shape index (κ2) is 1.84. The van der Waals surface area contributed by atoms with Crippen molar-refractivity contribution in [3.05, 3.63) is 0 Å². The van der Waals surface area contributed by atoms with Gasteiger partial charge in [0.1, 0.15) is 12.7 Å². The van der Waals surface area contributed by atoms with E-state index in [0.29, 0.717) is 0 Å². The molecule has 0 aromatic heterocycles. The fourth-order valence-corrected chi connectivity index (χ4v) is 0.652. The van der Waals surface area contributed by atoms with E-state index in [1.54, 1.807) is 6.92 Å². The fraction of sp³-hybridized carbons (Fsp3) is 0.800. The van der Waals surface area contributed by atoms with Gasteiger partial charge in [0.25, 0.3) is 0 Å². The standard InChI is InChI=1S/C5H8O3/c1-3-5(7)4(6)2-8-3/h3,5,7H,2H2,1H3/t3-,5-/m1/s1. The molecule has 0 aromatic rings. The van der Waals surface area contributed by atoms with Crippen LogP contribution in [0.1, 0.15) is 6.92 Å². The monoisotopic (exact) mass is 116 g/mol. The predicted molar refractivity (Wildman–Crippen MR) is 26.4 cm³/mol. The molecule has 0 spiro atoms. The highest BCUT2D eigenvalue weighted by Gasteiger charge is 2.29. The van der Waals surface area contributed by atoms with Crippen molar-refractivity contribution in [1.82, 2.24) is 0 Å². The van der Waals surface area contributed by atoms with Crippen LogP contribution in [0.2, 0.25) is 0 Å². The lowest BCUT2D eigenvalue weighted by molar-refractivity contribution is -0.123. The van der Waals surface area contributed by atoms with Crippen molar-refractivity contribution in [2.75, 3.05) is 6.61 Å². The topological polar surface area (TPSA) is 46.5 Å². The third-order valence-electron chi connectivity index (χ3n) is 1.26. The summed E-state index contributed by atoms with van der Waals surface area (Å²) in [5.74, 6) is -0.211. The number of ketones is 1. The first-order valence-electron chi connectivity index (χ1n) is 2.54. The summed E-state index contributed by atoms with van der Waals surface area (Å²) in [4.78, 5) is 10.4. The van der Waals surface area contributed by atoms with Crippen LogP contribution in [0.15, 0.2) is 0 Å². The van der Waals surface area contributed by atoms with E-state index in [9.17, 15) is 4.79 Å². The molecule has 0 amide bonds. The van der Waals surface area contributed by atoms with Crippen molar-refractivity contribution in [2.24, 2.45) is 0 Å². The van der Waals surface area contributed by atoms with E-state index in [4.69, 9.17) is 9.84 Å². The Morgan fingerprint density at radius 1 is 1.88 bits per heavy atom. The van der Waals surface area contributed by atoms with Crippen molar-refractivity contribution < 1.29 is 14.6 Å². The molecular weight excluding hydrogens is 108 g/mol. The zero-order chi connectivity index (χ0) is 6.15. The SMILES string of the molecule is C[C@H]1OCC(=O)[C@@H]1O. The lowest BCUT2D eigenvalue weighted by Crippen LogP contribution is -2.23. The quantitative estimate of drug-likeness (QED) is 0.456. The molecule has 2 atom stereocenters. The van der Waals surface area contributed by atoms with Gasteiger partial charge in [-0.25, -0.2) is 0 Å². The average Bonchev–Trinajstić information content (AvgIpc) is 1.98. The highest BCUT2D eigenvalue weighted by Crippen LogP contribution is 2.07. The zero-order valence-electron chi connectivity index (χ0n) is 4.63. The molecule has 3 heteroatoms. The van der Waals surface area contributed by atoms with Gasteiger partial charge in [0.15, 0.2) is 5.78 Å². The van der Waals surface area contributed by atoms with Gasteiger partial charge in [-0.05, 0) is 6.92 Å². The Morgan fingerprint density at radius 3 is 2.62 bits per heavy atom. The van der Waals surface area contributed by atoms with Gasteiger partial charge in [0.05, 0.1) is 6.10 Å². The maximum absolute atomic E-state index is 10.4. The normalized spacial score (nSPS) is 38.5. The molecular formula is C5H8O3. The van der Waals surface area contributed by atoms with Crippen LogP contribution in [0.5, 0.6) is 0 Å². The molecule has 1 heterocycles. The summed E-state index contributed by atoms with van der Waals surface area (Å²) < 4.78 is 4.78. The van der Waals surface area contributed by atoms with Crippen molar-refractivity contribution >= 4 is 5.78 Å². The van der Waals surface area contributed by atoms with E-state index in [1.165, 1.54) is 0 Å². The van der Waals surface area contributed by atoms with Gasteiger partial charge >= 0.3 is 0 Å². The van der Waals surface area contributed by atoms with Crippen LogP contribution in [0.3, 0.4) is 0 Å². The summed E-state index contributed by atoms with van der Waals surface area (Å²) in [6, 6.07) is 0. The van der Waals surface area contributed by atoms with Crippen LogP contribution >= 0.6 is 0 Å². The first-order valence-corrected chi connectivity index (χ1v) is 2.54. The first kappa shape index (κ1) is 5.72. The molecule has 1 aliphatic heterocycles. The molecule has 46 valence electrons. The van der Waals surface area contributed by atoms with Gasteiger partial charge in [0.2, 0.25) is 0 Å². The number of Topliss-reactive ketones (excluding diaryl/α,β-unsaturated/α-hetero) is 1. The summed E-state index contributed by atoms with van der Waals surface area (Å²) in [5.41, 5.74) is 0. The number of aliphatic hydroxyl groups is 1. The summed E-state index contributed by atoms with van der Waals surface area (Å²) in [5, 5.41) is 8.79. The Balaban J connectivity index is 2.56. The molecule has 1 fully saturated rings. The largest absolute Gasteiger partial charge is 0.382 e. The van der Waals surface area contributed by atoms with Crippen LogP contribution in [0, 0.1) is 0 Å². The van der Waals surface area contributed by atoms with Crippen LogP contribution < -0.4 is 0 Å². The first-order chi connectivity index (χ1) is 3.72. The van der Waals surface area contributed by atoms with E-state index in [1.807, 2.05) is 0 Å². The molecule has 1 aliphatic rings. The number of ether oxygens (including phenoxy) is 1. The predicted octanol–water partition coefficient (Wildman–Crippen LogP) is -0.665. The fourth-order valence-electron chi connectivity index (χ4n) is 0.652. The Hall–Kier alpha value is -0.410. The van der Waals surface area contributed by atoms with Gasteiger partial charge < -0.3 is 9.84 Å². The molecule has 1 N–H and O–H groups in total. The molecule has 0 aliphatic carbocycles. The summed E-state index contributed by atoms with van der Waals surface area (Å²) in [6.07, 6.45) is -1.18. The third kappa shape index (κ3) is 0.743. The molecule has 0 unspecified atom stereocenters. The van der Waals surface area contributed by atoms with Crippen LogP contribution in [0.25, 0.3) is 0 Å². The maximum Gasteiger partial charge on any atom is 0.189 e. The highest BCUT2D eigenvalue weighted by molar-refractivity contribution is 5.86. The van der Waals surface area contributed by atoms with E-state index in [0.717, 1.165) is 0 Å². The zero-order valence-corrected chi connectivity index (χ0v) is 4.63. The molecule has 1 saturated heterocycles. The maximum atomic E-state index is 10.4. The van der Waals surface area contributed by atoms with Gasteiger partial charge in [-0.2, -0.15) is 0 Å². The third-order valence-corrected chi connectivity index (χ3v) is 1.26. The average molecular weight is 116 g/mol. The minimum absolute atomic E-state index is 0.0718. The van der Waals surface area contributed by atoms with Gasteiger partial charge in [-0.1, -0.05) is 0 Å². The Morgan fingerprint density at radius 2 is 2.50 bits per heavy atom. The summed E-state index contributed by atoms with van der Waals surface area (Å²) in [6.45, 7) is 1.75. The molecule has 8 heavy (non-hydrogen) atoms. The Bertz CT molecular complexity index is 110. The van der Waals surface area contributed by atoms with Gasteiger partial charge in [-0.3, -0.25) is 4.79 Å². The van der Waals surface area contributed by atoms with Gasteiger partial charge in [-0.15, -0.1) is 0 Å². The van der Waals surface area contributed by atoms with E-state index in [2.05, 4.69) is 0 Å². The second-order valence-corrected chi connectivity index (χ2v) is 1.93. The molecule has 3 nitrogen and oxygen atoms in total. The van der Waals surface area contributed by atoms with Crippen LogP contribution in [0.4, 0.5) is 0 Å². The van der Waals surface area contributed by atoms with Gasteiger partial charge in [0, 0.05) is 0 Å². The molecule has 0 aromatic carbocycles.